The first kappa shape index (κ1) is 14.7. The van der Waals surface area contributed by atoms with E-state index in [9.17, 15) is 13.5 Å². The Morgan fingerprint density at radius 2 is 1.83 bits per heavy atom. The summed E-state index contributed by atoms with van der Waals surface area (Å²) in [5, 5.41) is 10.5. The number of nitrogens with zero attached hydrogens (tertiary/aromatic N) is 1. The van der Waals surface area contributed by atoms with Gasteiger partial charge in [0, 0.05) is 18.8 Å². The maximum absolute atomic E-state index is 10.5. The van der Waals surface area contributed by atoms with E-state index < -0.39 is 16.4 Å². The molecule has 0 spiro atoms. The van der Waals surface area contributed by atoms with Gasteiger partial charge in [0.05, 0.1) is 5.37 Å². The molecule has 4 nitrogen and oxygen atoms in total. The van der Waals surface area contributed by atoms with Crippen molar-refractivity contribution in [2.24, 2.45) is 0 Å². The number of rotatable bonds is 5. The van der Waals surface area contributed by atoms with Gasteiger partial charge in [-0.05, 0) is 44.0 Å². The summed E-state index contributed by atoms with van der Waals surface area (Å²) in [6.45, 7) is 6.98. The molecule has 1 aromatic rings. The summed E-state index contributed by atoms with van der Waals surface area (Å²) in [4.78, 5) is 1.95. The van der Waals surface area contributed by atoms with Gasteiger partial charge in [-0.15, -0.1) is 0 Å². The van der Waals surface area contributed by atoms with Crippen LogP contribution in [-0.2, 0) is 10.3 Å². The minimum absolute atomic E-state index is 0.271. The van der Waals surface area contributed by atoms with Gasteiger partial charge in [-0.2, -0.15) is 8.42 Å². The SMILES string of the molecule is CCN(CC(O)C=S(=O)=O)c1cc(C)cc(C)c1. The highest BCUT2D eigenvalue weighted by atomic mass is 32.2. The number of likely N-dealkylation sites (N-methyl/N-ethyl adjacent to an activating group) is 1. The van der Waals surface area contributed by atoms with Crippen LogP contribution in [-0.4, -0.2) is 38.1 Å². The number of benzene rings is 1. The Bertz CT molecular complexity index is 509. The van der Waals surface area contributed by atoms with E-state index in [1.165, 1.54) is 0 Å². The van der Waals surface area contributed by atoms with E-state index in [2.05, 4.69) is 6.07 Å². The standard InChI is InChI=1S/C13H19NO3S/c1-4-14(8-13(15)9-18(16)17)12-6-10(2)5-11(3)7-12/h5-7,9,13,15H,4,8H2,1-3H3. The Kier molecular flexibility index (Phi) is 5.37. The third-order valence-corrected chi connectivity index (χ3v) is 3.17. The highest BCUT2D eigenvalue weighted by Gasteiger charge is 2.10. The molecule has 0 radical (unpaired) electrons. The predicted molar refractivity (Wildman–Crippen MR) is 74.8 cm³/mol. The molecule has 0 aromatic heterocycles. The molecule has 0 aliphatic heterocycles. The second kappa shape index (κ2) is 6.56. The van der Waals surface area contributed by atoms with Crippen molar-refractivity contribution in [1.29, 1.82) is 0 Å². The largest absolute Gasteiger partial charge is 0.386 e. The Morgan fingerprint density at radius 1 is 1.28 bits per heavy atom. The van der Waals surface area contributed by atoms with Crippen molar-refractivity contribution < 1.29 is 13.5 Å². The average Bonchev–Trinajstić information content (AvgIpc) is 2.23. The number of aliphatic hydroxyl groups is 1. The Morgan fingerprint density at radius 3 is 2.28 bits per heavy atom. The fourth-order valence-electron chi connectivity index (χ4n) is 1.95. The van der Waals surface area contributed by atoms with E-state index in [4.69, 9.17) is 0 Å². The third kappa shape index (κ3) is 4.50. The summed E-state index contributed by atoms with van der Waals surface area (Å²) in [5.41, 5.74) is 3.29. The Balaban J connectivity index is 2.92. The molecule has 0 saturated heterocycles. The van der Waals surface area contributed by atoms with Gasteiger partial charge in [-0.1, -0.05) is 6.07 Å². The van der Waals surface area contributed by atoms with E-state index in [-0.39, 0.29) is 6.54 Å². The molecule has 1 aromatic carbocycles. The molecular formula is C13H19NO3S. The maximum atomic E-state index is 10.5. The van der Waals surface area contributed by atoms with Crippen LogP contribution >= 0.6 is 0 Å². The third-order valence-electron chi connectivity index (χ3n) is 2.63. The van der Waals surface area contributed by atoms with Crippen molar-refractivity contribution >= 4 is 21.3 Å². The van der Waals surface area contributed by atoms with Gasteiger partial charge in [0.25, 0.3) is 0 Å². The molecule has 1 atom stereocenters. The zero-order valence-corrected chi connectivity index (χ0v) is 11.7. The van der Waals surface area contributed by atoms with Gasteiger partial charge >= 0.3 is 0 Å². The smallest absolute Gasteiger partial charge is 0.212 e. The van der Waals surface area contributed by atoms with E-state index in [0.717, 1.165) is 22.2 Å². The van der Waals surface area contributed by atoms with E-state index in [1.54, 1.807) is 0 Å². The summed E-state index contributed by atoms with van der Waals surface area (Å²) >= 11 is 0. The molecule has 100 valence electrons. The van der Waals surface area contributed by atoms with Gasteiger partial charge in [0.15, 0.2) is 0 Å². The molecule has 1 unspecified atom stereocenters. The van der Waals surface area contributed by atoms with E-state index >= 15 is 0 Å². The second-order valence-electron chi connectivity index (χ2n) is 4.35. The van der Waals surface area contributed by atoms with Crippen molar-refractivity contribution in [2.45, 2.75) is 26.9 Å². The van der Waals surface area contributed by atoms with Crippen molar-refractivity contribution in [3.05, 3.63) is 29.3 Å². The van der Waals surface area contributed by atoms with Crippen LogP contribution in [0.1, 0.15) is 18.1 Å². The van der Waals surface area contributed by atoms with Crippen LogP contribution in [0.2, 0.25) is 0 Å². The lowest BCUT2D eigenvalue weighted by Crippen LogP contribution is -2.33. The first-order chi connectivity index (χ1) is 8.42. The van der Waals surface area contributed by atoms with Gasteiger partial charge in [-0.3, -0.25) is 0 Å². The van der Waals surface area contributed by atoms with Crippen LogP contribution in [0.25, 0.3) is 0 Å². The van der Waals surface area contributed by atoms with Crippen LogP contribution in [0.4, 0.5) is 5.69 Å². The fraction of sp³-hybridized carbons (Fsp3) is 0.462. The number of aryl methyl sites for hydroxylation is 2. The zero-order valence-electron chi connectivity index (χ0n) is 10.9. The molecule has 0 amide bonds. The molecule has 1 rings (SSSR count). The number of hydrogen-bond donors (Lipinski definition) is 1. The van der Waals surface area contributed by atoms with Gasteiger partial charge in [0.1, 0.15) is 6.10 Å². The first-order valence-electron chi connectivity index (χ1n) is 5.86. The lowest BCUT2D eigenvalue weighted by molar-refractivity contribution is 0.253. The molecule has 1 N–H and O–H groups in total. The molecule has 0 heterocycles. The maximum Gasteiger partial charge on any atom is 0.212 e. The predicted octanol–water partition coefficient (Wildman–Crippen LogP) is 1.17. The number of anilines is 1. The van der Waals surface area contributed by atoms with E-state index in [0.29, 0.717) is 6.54 Å². The van der Waals surface area contributed by atoms with Crippen LogP contribution in [0.15, 0.2) is 18.2 Å². The van der Waals surface area contributed by atoms with Crippen molar-refractivity contribution in [1.82, 2.24) is 0 Å². The van der Waals surface area contributed by atoms with Crippen molar-refractivity contribution in [3.8, 4) is 0 Å². The molecule has 0 bridgehead atoms. The molecule has 0 aliphatic rings. The van der Waals surface area contributed by atoms with E-state index in [1.807, 2.05) is 37.8 Å². The lowest BCUT2D eigenvalue weighted by atomic mass is 10.1. The highest BCUT2D eigenvalue weighted by Crippen LogP contribution is 2.18. The number of hydrogen-bond acceptors (Lipinski definition) is 4. The van der Waals surface area contributed by atoms with Gasteiger partial charge in [0.2, 0.25) is 10.3 Å². The van der Waals surface area contributed by atoms with Crippen LogP contribution < -0.4 is 4.90 Å². The normalized spacial score (nSPS) is 12.0. The Labute approximate surface area is 109 Å². The highest BCUT2D eigenvalue weighted by molar-refractivity contribution is 7.71. The fourth-order valence-corrected chi connectivity index (χ4v) is 2.29. The molecule has 0 saturated carbocycles. The number of aliphatic hydroxyl groups excluding tert-OH is 1. The molecule has 0 fully saturated rings. The van der Waals surface area contributed by atoms with Crippen LogP contribution in [0, 0.1) is 13.8 Å². The summed E-state index contributed by atoms with van der Waals surface area (Å²) in [6.07, 6.45) is -0.982. The average molecular weight is 269 g/mol. The molecule has 5 heteroatoms. The van der Waals surface area contributed by atoms with Crippen molar-refractivity contribution in [3.63, 3.8) is 0 Å². The van der Waals surface area contributed by atoms with Crippen molar-refractivity contribution in [2.75, 3.05) is 18.0 Å². The zero-order chi connectivity index (χ0) is 13.7. The van der Waals surface area contributed by atoms with Crippen LogP contribution in [0.3, 0.4) is 0 Å². The minimum Gasteiger partial charge on any atom is -0.386 e. The summed E-state index contributed by atoms with van der Waals surface area (Å²) in [7, 11) is -2.33. The Hall–Kier alpha value is -1.33. The van der Waals surface area contributed by atoms with Gasteiger partial charge < -0.3 is 10.0 Å². The summed E-state index contributed by atoms with van der Waals surface area (Å²) in [5.74, 6) is 0. The van der Waals surface area contributed by atoms with Gasteiger partial charge in [-0.25, -0.2) is 0 Å². The lowest BCUT2D eigenvalue weighted by Gasteiger charge is -2.25. The first-order valence-corrected chi connectivity index (χ1v) is 7.00. The molecular weight excluding hydrogens is 250 g/mol. The van der Waals surface area contributed by atoms with Crippen LogP contribution in [0.5, 0.6) is 0 Å². The summed E-state index contributed by atoms with van der Waals surface area (Å²) in [6, 6.07) is 6.13. The monoisotopic (exact) mass is 269 g/mol. The summed E-state index contributed by atoms with van der Waals surface area (Å²) < 4.78 is 21.0. The molecule has 0 aliphatic carbocycles. The second-order valence-corrected chi connectivity index (χ2v) is 5.14. The quantitative estimate of drug-likeness (QED) is 0.815. The molecule has 18 heavy (non-hydrogen) atoms. The minimum atomic E-state index is -2.33. The topological polar surface area (TPSA) is 57.6 Å².